The van der Waals surface area contributed by atoms with Crippen molar-refractivity contribution >= 4 is 17.2 Å². The van der Waals surface area contributed by atoms with Gasteiger partial charge in [-0.3, -0.25) is 4.79 Å². The quantitative estimate of drug-likeness (QED) is 0.491. The van der Waals surface area contributed by atoms with Crippen molar-refractivity contribution < 1.29 is 9.53 Å². The standard InChI is InChI=1S/C23H21N3O2S/c1-28-19-11-9-17(10-12-19)22-21(16-26(25-22)18-6-3-2-4-7-18)23(27)24-14-13-20-8-5-15-29-20/h2-12,15-16H,13-14H2,1H3,(H,24,27). The molecule has 1 N–H and O–H groups in total. The molecule has 2 heterocycles. The molecule has 2 aromatic carbocycles. The van der Waals surface area contributed by atoms with E-state index in [1.807, 2.05) is 66.0 Å². The monoisotopic (exact) mass is 403 g/mol. The molecule has 6 heteroatoms. The fraction of sp³-hybridized carbons (Fsp3) is 0.130. The van der Waals surface area contributed by atoms with E-state index in [0.29, 0.717) is 17.8 Å². The summed E-state index contributed by atoms with van der Waals surface area (Å²) < 4.78 is 6.99. The molecule has 5 nitrogen and oxygen atoms in total. The van der Waals surface area contributed by atoms with Crippen LogP contribution in [0.3, 0.4) is 0 Å². The molecule has 0 aliphatic carbocycles. The van der Waals surface area contributed by atoms with Crippen molar-refractivity contribution in [1.82, 2.24) is 15.1 Å². The number of carbonyl (C=O) groups is 1. The van der Waals surface area contributed by atoms with Crippen molar-refractivity contribution in [2.45, 2.75) is 6.42 Å². The van der Waals surface area contributed by atoms with E-state index in [4.69, 9.17) is 9.84 Å². The normalized spacial score (nSPS) is 10.7. The summed E-state index contributed by atoms with van der Waals surface area (Å²) in [4.78, 5) is 14.2. The van der Waals surface area contributed by atoms with E-state index >= 15 is 0 Å². The lowest BCUT2D eigenvalue weighted by molar-refractivity contribution is 0.0955. The van der Waals surface area contributed by atoms with Crippen LogP contribution in [0.25, 0.3) is 16.9 Å². The average molecular weight is 404 g/mol. The number of hydrogen-bond donors (Lipinski definition) is 1. The highest BCUT2D eigenvalue weighted by atomic mass is 32.1. The number of hydrogen-bond acceptors (Lipinski definition) is 4. The maximum atomic E-state index is 12.9. The first kappa shape index (κ1) is 19.0. The fourth-order valence-electron chi connectivity index (χ4n) is 3.06. The first-order chi connectivity index (χ1) is 14.2. The van der Waals surface area contributed by atoms with Crippen LogP contribution in [-0.4, -0.2) is 29.3 Å². The Morgan fingerprint density at radius 3 is 2.55 bits per heavy atom. The van der Waals surface area contributed by atoms with Crippen LogP contribution in [0.15, 0.2) is 78.3 Å². The number of para-hydroxylation sites is 1. The SMILES string of the molecule is COc1ccc(-c2nn(-c3ccccc3)cc2C(=O)NCCc2cccs2)cc1. The molecule has 0 aliphatic heterocycles. The molecule has 0 fully saturated rings. The van der Waals surface area contributed by atoms with Crippen LogP contribution < -0.4 is 10.1 Å². The summed E-state index contributed by atoms with van der Waals surface area (Å²) in [6, 6.07) is 21.4. The number of rotatable bonds is 7. The van der Waals surface area contributed by atoms with Gasteiger partial charge in [-0.2, -0.15) is 5.10 Å². The Bertz CT molecular complexity index is 1070. The van der Waals surface area contributed by atoms with E-state index < -0.39 is 0 Å². The van der Waals surface area contributed by atoms with Crippen LogP contribution in [0.2, 0.25) is 0 Å². The van der Waals surface area contributed by atoms with Gasteiger partial charge in [0.05, 0.1) is 18.4 Å². The highest BCUT2D eigenvalue weighted by Crippen LogP contribution is 2.26. The molecule has 2 aromatic heterocycles. The Kier molecular flexibility index (Phi) is 5.72. The maximum absolute atomic E-state index is 12.9. The van der Waals surface area contributed by atoms with Crippen LogP contribution in [-0.2, 0) is 6.42 Å². The number of aromatic nitrogens is 2. The molecule has 4 aromatic rings. The second-order valence-electron chi connectivity index (χ2n) is 6.49. The highest BCUT2D eigenvalue weighted by Gasteiger charge is 2.18. The molecule has 0 bridgehead atoms. The van der Waals surface area contributed by atoms with E-state index in [2.05, 4.69) is 11.4 Å². The summed E-state index contributed by atoms with van der Waals surface area (Å²) in [5, 5.41) is 9.77. The second kappa shape index (κ2) is 8.75. The molecule has 29 heavy (non-hydrogen) atoms. The molecular weight excluding hydrogens is 382 g/mol. The number of nitrogens with one attached hydrogen (secondary N) is 1. The molecule has 0 saturated heterocycles. The average Bonchev–Trinajstić information content (AvgIpc) is 3.45. The number of thiophene rings is 1. The van der Waals surface area contributed by atoms with Gasteiger partial charge in [0.25, 0.3) is 5.91 Å². The zero-order chi connectivity index (χ0) is 20.1. The third-order valence-electron chi connectivity index (χ3n) is 4.58. The topological polar surface area (TPSA) is 56.2 Å². The van der Waals surface area contributed by atoms with Crippen molar-refractivity contribution in [1.29, 1.82) is 0 Å². The van der Waals surface area contributed by atoms with Gasteiger partial charge in [-0.05, 0) is 54.3 Å². The highest BCUT2D eigenvalue weighted by molar-refractivity contribution is 7.09. The summed E-state index contributed by atoms with van der Waals surface area (Å²) in [5.41, 5.74) is 2.96. The van der Waals surface area contributed by atoms with Crippen LogP contribution in [0, 0.1) is 0 Å². The third kappa shape index (κ3) is 4.38. The van der Waals surface area contributed by atoms with Crippen LogP contribution in [0.5, 0.6) is 5.75 Å². The van der Waals surface area contributed by atoms with Crippen LogP contribution in [0.4, 0.5) is 0 Å². The summed E-state index contributed by atoms with van der Waals surface area (Å²) in [7, 11) is 1.63. The number of amides is 1. The number of carbonyl (C=O) groups excluding carboxylic acids is 1. The Morgan fingerprint density at radius 1 is 1.07 bits per heavy atom. The molecule has 0 aliphatic rings. The molecule has 0 saturated carbocycles. The minimum Gasteiger partial charge on any atom is -0.497 e. The second-order valence-corrected chi connectivity index (χ2v) is 7.52. The van der Waals surface area contributed by atoms with Crippen molar-refractivity contribution in [2.24, 2.45) is 0 Å². The Labute approximate surface area is 173 Å². The predicted octanol–water partition coefficient (Wildman–Crippen LogP) is 4.58. The Hall–Kier alpha value is -3.38. The summed E-state index contributed by atoms with van der Waals surface area (Å²) >= 11 is 1.70. The maximum Gasteiger partial charge on any atom is 0.255 e. The molecule has 1 amide bonds. The Morgan fingerprint density at radius 2 is 1.86 bits per heavy atom. The Balaban J connectivity index is 1.62. The molecule has 0 radical (unpaired) electrons. The van der Waals surface area contributed by atoms with Gasteiger partial charge in [0.15, 0.2) is 0 Å². The number of methoxy groups -OCH3 is 1. The van der Waals surface area contributed by atoms with Gasteiger partial charge in [-0.25, -0.2) is 4.68 Å². The molecule has 0 spiro atoms. The van der Waals surface area contributed by atoms with Crippen molar-refractivity contribution in [3.05, 3.63) is 88.7 Å². The van der Waals surface area contributed by atoms with Gasteiger partial charge in [0.1, 0.15) is 11.4 Å². The summed E-state index contributed by atoms with van der Waals surface area (Å²) in [6.45, 7) is 0.581. The van der Waals surface area contributed by atoms with Crippen molar-refractivity contribution in [3.8, 4) is 22.7 Å². The largest absolute Gasteiger partial charge is 0.497 e. The van der Waals surface area contributed by atoms with E-state index in [1.165, 1.54) is 4.88 Å². The van der Waals surface area contributed by atoms with Crippen LogP contribution >= 0.6 is 11.3 Å². The van der Waals surface area contributed by atoms with Crippen LogP contribution in [0.1, 0.15) is 15.2 Å². The van der Waals surface area contributed by atoms with E-state index in [1.54, 1.807) is 29.3 Å². The van der Waals surface area contributed by atoms with Crippen molar-refractivity contribution in [3.63, 3.8) is 0 Å². The molecule has 146 valence electrons. The van der Waals surface area contributed by atoms with Gasteiger partial charge in [0.2, 0.25) is 0 Å². The minimum absolute atomic E-state index is 0.130. The molecular formula is C23H21N3O2S. The van der Waals surface area contributed by atoms with Gasteiger partial charge in [-0.1, -0.05) is 24.3 Å². The van der Waals surface area contributed by atoms with E-state index in [-0.39, 0.29) is 5.91 Å². The first-order valence-electron chi connectivity index (χ1n) is 9.34. The molecule has 0 atom stereocenters. The number of ether oxygens (including phenoxy) is 1. The lowest BCUT2D eigenvalue weighted by Crippen LogP contribution is -2.25. The zero-order valence-electron chi connectivity index (χ0n) is 16.0. The summed E-state index contributed by atoms with van der Waals surface area (Å²) in [5.74, 6) is 0.632. The lowest BCUT2D eigenvalue weighted by Gasteiger charge is -2.05. The van der Waals surface area contributed by atoms with E-state index in [0.717, 1.165) is 23.4 Å². The third-order valence-corrected chi connectivity index (χ3v) is 5.52. The number of benzene rings is 2. The van der Waals surface area contributed by atoms with Gasteiger partial charge in [-0.15, -0.1) is 11.3 Å². The van der Waals surface area contributed by atoms with Gasteiger partial charge < -0.3 is 10.1 Å². The lowest BCUT2D eigenvalue weighted by atomic mass is 10.1. The first-order valence-corrected chi connectivity index (χ1v) is 10.2. The number of nitrogens with zero attached hydrogens (tertiary/aromatic N) is 2. The van der Waals surface area contributed by atoms with Gasteiger partial charge >= 0.3 is 0 Å². The zero-order valence-corrected chi connectivity index (χ0v) is 16.9. The van der Waals surface area contributed by atoms with Crippen molar-refractivity contribution in [2.75, 3.05) is 13.7 Å². The molecule has 4 rings (SSSR count). The van der Waals surface area contributed by atoms with E-state index in [9.17, 15) is 4.79 Å². The van der Waals surface area contributed by atoms with Gasteiger partial charge in [0, 0.05) is 23.2 Å². The minimum atomic E-state index is -0.130. The molecule has 0 unspecified atom stereocenters. The fourth-order valence-corrected chi connectivity index (χ4v) is 3.77. The smallest absolute Gasteiger partial charge is 0.255 e. The summed E-state index contributed by atoms with van der Waals surface area (Å²) in [6.07, 6.45) is 2.60. The predicted molar refractivity (Wildman–Crippen MR) is 116 cm³/mol.